The number of hydrogen-bond acceptors (Lipinski definition) is 2. The highest BCUT2D eigenvalue weighted by atomic mass is 15.1. The molecule has 0 aromatic carbocycles. The maximum atomic E-state index is 5.63. The molecular formula is C13H30N2. The van der Waals surface area contributed by atoms with Crippen molar-refractivity contribution in [2.45, 2.75) is 58.9 Å². The van der Waals surface area contributed by atoms with Gasteiger partial charge in [0, 0.05) is 6.04 Å². The Morgan fingerprint density at radius 2 is 1.80 bits per heavy atom. The Balaban J connectivity index is 3.60. The third-order valence-corrected chi connectivity index (χ3v) is 3.28. The zero-order chi connectivity index (χ0) is 11.7. The van der Waals surface area contributed by atoms with Gasteiger partial charge in [0.1, 0.15) is 0 Å². The summed E-state index contributed by atoms with van der Waals surface area (Å²) in [5, 5.41) is 0. The molecule has 15 heavy (non-hydrogen) atoms. The Morgan fingerprint density at radius 3 is 2.27 bits per heavy atom. The van der Waals surface area contributed by atoms with Gasteiger partial charge in [0.25, 0.3) is 0 Å². The molecule has 1 unspecified atom stereocenters. The molecule has 0 aliphatic rings. The average Bonchev–Trinajstić information content (AvgIpc) is 2.18. The van der Waals surface area contributed by atoms with E-state index in [1.165, 1.54) is 38.6 Å². The van der Waals surface area contributed by atoms with Gasteiger partial charge < -0.3 is 10.6 Å². The molecule has 0 heterocycles. The molecular weight excluding hydrogens is 184 g/mol. The minimum absolute atomic E-state index is 0.670. The molecule has 0 aliphatic carbocycles. The highest BCUT2D eigenvalue weighted by Gasteiger charge is 2.08. The van der Waals surface area contributed by atoms with Gasteiger partial charge in [-0.2, -0.15) is 0 Å². The summed E-state index contributed by atoms with van der Waals surface area (Å²) in [7, 11) is 2.21. The van der Waals surface area contributed by atoms with Crippen molar-refractivity contribution in [2.24, 2.45) is 11.7 Å². The van der Waals surface area contributed by atoms with Crippen molar-refractivity contribution in [3.63, 3.8) is 0 Å². The van der Waals surface area contributed by atoms with E-state index in [1.54, 1.807) is 0 Å². The van der Waals surface area contributed by atoms with E-state index in [0.717, 1.165) is 12.5 Å². The zero-order valence-corrected chi connectivity index (χ0v) is 11.1. The molecule has 0 fully saturated rings. The van der Waals surface area contributed by atoms with Crippen LogP contribution < -0.4 is 5.73 Å². The molecule has 0 saturated carbocycles. The fourth-order valence-corrected chi connectivity index (χ4v) is 1.96. The van der Waals surface area contributed by atoms with Gasteiger partial charge in [0.2, 0.25) is 0 Å². The van der Waals surface area contributed by atoms with Gasteiger partial charge >= 0.3 is 0 Å². The van der Waals surface area contributed by atoms with Crippen LogP contribution in [0.2, 0.25) is 0 Å². The Bertz CT molecular complexity index is 128. The summed E-state index contributed by atoms with van der Waals surface area (Å²) in [5.41, 5.74) is 5.63. The molecule has 2 heteroatoms. The van der Waals surface area contributed by atoms with E-state index >= 15 is 0 Å². The van der Waals surface area contributed by atoms with E-state index < -0.39 is 0 Å². The largest absolute Gasteiger partial charge is 0.330 e. The van der Waals surface area contributed by atoms with Gasteiger partial charge in [-0.25, -0.2) is 0 Å². The average molecular weight is 214 g/mol. The summed E-state index contributed by atoms with van der Waals surface area (Å²) in [5.74, 6) is 0.862. The van der Waals surface area contributed by atoms with E-state index in [-0.39, 0.29) is 0 Å². The minimum Gasteiger partial charge on any atom is -0.330 e. The van der Waals surface area contributed by atoms with E-state index in [4.69, 9.17) is 5.73 Å². The lowest BCUT2D eigenvalue weighted by Gasteiger charge is -2.22. The normalized spacial score (nSPS) is 13.8. The topological polar surface area (TPSA) is 29.3 Å². The van der Waals surface area contributed by atoms with Gasteiger partial charge in [-0.15, -0.1) is 0 Å². The van der Waals surface area contributed by atoms with Crippen molar-refractivity contribution in [2.75, 3.05) is 20.1 Å². The van der Waals surface area contributed by atoms with Crippen LogP contribution in [0.5, 0.6) is 0 Å². The van der Waals surface area contributed by atoms with Crippen molar-refractivity contribution in [3.05, 3.63) is 0 Å². The van der Waals surface area contributed by atoms with E-state index in [1.807, 2.05) is 0 Å². The second-order valence-electron chi connectivity index (χ2n) is 4.95. The van der Waals surface area contributed by atoms with Crippen LogP contribution in [0, 0.1) is 5.92 Å². The lowest BCUT2D eigenvalue weighted by atomic mass is 9.94. The molecule has 0 saturated heterocycles. The molecule has 2 N–H and O–H groups in total. The number of nitrogens with two attached hydrogens (primary N) is 1. The summed E-state index contributed by atoms with van der Waals surface area (Å²) in [6.45, 7) is 8.85. The molecule has 0 bridgehead atoms. The standard InChI is InChI=1S/C13H30N2/c1-5-7-13(9-10-14)8-6-11-15(4)12(2)3/h12-13H,5-11,14H2,1-4H3. The quantitative estimate of drug-likeness (QED) is 0.639. The molecule has 2 nitrogen and oxygen atoms in total. The molecule has 92 valence electrons. The molecule has 0 amide bonds. The van der Waals surface area contributed by atoms with Crippen LogP contribution in [-0.2, 0) is 0 Å². The molecule has 0 spiro atoms. The Labute approximate surface area is 96.2 Å². The predicted molar refractivity (Wildman–Crippen MR) is 69.1 cm³/mol. The third kappa shape index (κ3) is 7.80. The SMILES string of the molecule is CCCC(CCN)CCCN(C)C(C)C. The first kappa shape index (κ1) is 14.9. The van der Waals surface area contributed by atoms with E-state index in [0.29, 0.717) is 6.04 Å². The van der Waals surface area contributed by atoms with Crippen molar-refractivity contribution >= 4 is 0 Å². The Kier molecular flexibility index (Phi) is 9.12. The van der Waals surface area contributed by atoms with Crippen molar-refractivity contribution < 1.29 is 0 Å². The zero-order valence-electron chi connectivity index (χ0n) is 11.1. The van der Waals surface area contributed by atoms with Crippen LogP contribution >= 0.6 is 0 Å². The maximum absolute atomic E-state index is 5.63. The Morgan fingerprint density at radius 1 is 1.13 bits per heavy atom. The summed E-state index contributed by atoms with van der Waals surface area (Å²) < 4.78 is 0. The highest BCUT2D eigenvalue weighted by molar-refractivity contribution is 4.63. The molecule has 0 aromatic heterocycles. The van der Waals surface area contributed by atoms with Crippen LogP contribution in [0.3, 0.4) is 0 Å². The lowest BCUT2D eigenvalue weighted by Crippen LogP contribution is -2.27. The molecule has 0 radical (unpaired) electrons. The number of rotatable bonds is 9. The van der Waals surface area contributed by atoms with Gasteiger partial charge in [-0.3, -0.25) is 0 Å². The van der Waals surface area contributed by atoms with Crippen molar-refractivity contribution in [1.29, 1.82) is 0 Å². The number of nitrogens with zero attached hydrogens (tertiary/aromatic N) is 1. The monoisotopic (exact) mass is 214 g/mol. The first-order chi connectivity index (χ1) is 7.11. The maximum Gasteiger partial charge on any atom is 0.00355 e. The van der Waals surface area contributed by atoms with Crippen LogP contribution in [-0.4, -0.2) is 31.1 Å². The molecule has 0 rings (SSSR count). The van der Waals surface area contributed by atoms with Gasteiger partial charge in [0.15, 0.2) is 0 Å². The summed E-state index contributed by atoms with van der Waals surface area (Å²) in [4.78, 5) is 2.42. The van der Waals surface area contributed by atoms with Crippen LogP contribution in [0.1, 0.15) is 52.9 Å². The smallest absolute Gasteiger partial charge is 0.00355 e. The first-order valence-corrected chi connectivity index (χ1v) is 6.52. The van der Waals surface area contributed by atoms with Crippen molar-refractivity contribution in [3.8, 4) is 0 Å². The van der Waals surface area contributed by atoms with E-state index in [9.17, 15) is 0 Å². The predicted octanol–water partition coefficient (Wildman–Crippen LogP) is 2.87. The summed E-state index contributed by atoms with van der Waals surface area (Å²) in [6, 6.07) is 0.670. The van der Waals surface area contributed by atoms with Gasteiger partial charge in [0.05, 0.1) is 0 Å². The third-order valence-electron chi connectivity index (χ3n) is 3.28. The van der Waals surface area contributed by atoms with Crippen LogP contribution in [0.4, 0.5) is 0 Å². The fraction of sp³-hybridized carbons (Fsp3) is 1.00. The fourth-order valence-electron chi connectivity index (χ4n) is 1.96. The second kappa shape index (κ2) is 9.17. The molecule has 1 atom stereocenters. The van der Waals surface area contributed by atoms with Gasteiger partial charge in [-0.05, 0) is 59.2 Å². The van der Waals surface area contributed by atoms with Crippen molar-refractivity contribution in [1.82, 2.24) is 4.90 Å². The first-order valence-electron chi connectivity index (χ1n) is 6.52. The van der Waals surface area contributed by atoms with E-state index in [2.05, 4.69) is 32.7 Å². The highest BCUT2D eigenvalue weighted by Crippen LogP contribution is 2.17. The van der Waals surface area contributed by atoms with Crippen LogP contribution in [0.25, 0.3) is 0 Å². The van der Waals surface area contributed by atoms with Gasteiger partial charge in [-0.1, -0.05) is 19.8 Å². The Hall–Kier alpha value is -0.0800. The lowest BCUT2D eigenvalue weighted by molar-refractivity contribution is 0.257. The molecule has 0 aliphatic heterocycles. The number of hydrogen-bond donors (Lipinski definition) is 1. The second-order valence-corrected chi connectivity index (χ2v) is 4.95. The summed E-state index contributed by atoms with van der Waals surface area (Å²) >= 11 is 0. The summed E-state index contributed by atoms with van der Waals surface area (Å²) in [6.07, 6.45) is 6.52. The minimum atomic E-state index is 0.670. The van der Waals surface area contributed by atoms with Crippen LogP contribution in [0.15, 0.2) is 0 Å². The molecule has 0 aromatic rings.